The van der Waals surface area contributed by atoms with E-state index in [1.165, 1.54) is 34.7 Å². The minimum absolute atomic E-state index is 0.0557. The van der Waals surface area contributed by atoms with Crippen molar-refractivity contribution in [1.82, 2.24) is 9.38 Å². The molecule has 9 heteroatoms. The van der Waals surface area contributed by atoms with Crippen LogP contribution >= 0.6 is 11.6 Å². The molecule has 0 amide bonds. The molecule has 0 aliphatic carbocycles. The van der Waals surface area contributed by atoms with Crippen molar-refractivity contribution < 1.29 is 13.0 Å². The van der Waals surface area contributed by atoms with Gasteiger partial charge < -0.3 is 5.73 Å². The summed E-state index contributed by atoms with van der Waals surface area (Å²) in [6, 6.07) is 10.9. The zero-order chi connectivity index (χ0) is 23.8. The number of hydrogen-bond acceptors (Lipinski definition) is 5. The maximum Gasteiger partial charge on any atom is 0.278 e. The number of benzene rings is 1. The van der Waals surface area contributed by atoms with Gasteiger partial charge in [0, 0.05) is 16.8 Å². The van der Waals surface area contributed by atoms with Gasteiger partial charge in [-0.15, -0.1) is 0 Å². The van der Waals surface area contributed by atoms with E-state index in [1.54, 1.807) is 16.8 Å². The third-order valence-electron chi connectivity index (χ3n) is 5.79. The summed E-state index contributed by atoms with van der Waals surface area (Å²) in [6.45, 7) is 4.45. The first kappa shape index (κ1) is 23.2. The van der Waals surface area contributed by atoms with Crippen LogP contribution in [0.4, 0.5) is 5.82 Å². The second-order valence-electron chi connectivity index (χ2n) is 8.10. The van der Waals surface area contributed by atoms with Gasteiger partial charge in [0.15, 0.2) is 0 Å². The molecule has 0 unspecified atom stereocenters. The third kappa shape index (κ3) is 4.20. The molecular formula is C24H26ClN4O3S+. The van der Waals surface area contributed by atoms with Gasteiger partial charge in [0.25, 0.3) is 11.2 Å². The summed E-state index contributed by atoms with van der Waals surface area (Å²) in [5.41, 5.74) is 7.86. The highest BCUT2D eigenvalue weighted by atomic mass is 35.5. The number of pyridine rings is 2. The Kier molecular flexibility index (Phi) is 6.41. The van der Waals surface area contributed by atoms with Crippen LogP contribution in [-0.2, 0) is 16.4 Å². The summed E-state index contributed by atoms with van der Waals surface area (Å²) in [5.74, 6) is 0.0683. The van der Waals surface area contributed by atoms with Crippen LogP contribution in [0, 0.1) is 6.92 Å². The molecule has 0 fully saturated rings. The summed E-state index contributed by atoms with van der Waals surface area (Å²) < 4.78 is 30.1. The summed E-state index contributed by atoms with van der Waals surface area (Å²) in [5, 5.41) is 0.631. The molecule has 0 saturated heterocycles. The fraction of sp³-hybridized carbons (Fsp3) is 0.292. The minimum atomic E-state index is -3.99. The number of sulfone groups is 1. The van der Waals surface area contributed by atoms with E-state index < -0.39 is 9.84 Å². The number of anilines is 1. The van der Waals surface area contributed by atoms with Crippen LogP contribution in [0.25, 0.3) is 16.7 Å². The van der Waals surface area contributed by atoms with E-state index in [0.29, 0.717) is 22.9 Å². The third-order valence-corrected chi connectivity index (χ3v) is 7.84. The van der Waals surface area contributed by atoms with Crippen molar-refractivity contribution in [3.05, 3.63) is 69.6 Å². The Morgan fingerprint density at radius 2 is 1.85 bits per heavy atom. The molecule has 3 heterocycles. The number of fused-ring (bicyclic) bond motifs is 2. The Morgan fingerprint density at radius 3 is 2.55 bits per heavy atom. The molecule has 0 radical (unpaired) electrons. The lowest BCUT2D eigenvalue weighted by atomic mass is 10.2. The second kappa shape index (κ2) is 9.11. The molecule has 0 aliphatic heterocycles. The van der Waals surface area contributed by atoms with Crippen molar-refractivity contribution in [2.24, 2.45) is 0 Å². The van der Waals surface area contributed by atoms with Crippen molar-refractivity contribution >= 4 is 43.9 Å². The van der Waals surface area contributed by atoms with E-state index in [4.69, 9.17) is 22.3 Å². The van der Waals surface area contributed by atoms with Gasteiger partial charge >= 0.3 is 0 Å². The van der Waals surface area contributed by atoms with Gasteiger partial charge in [0.05, 0.1) is 11.4 Å². The summed E-state index contributed by atoms with van der Waals surface area (Å²) in [4.78, 5) is 18.1. The lowest BCUT2D eigenvalue weighted by Gasteiger charge is -2.13. The fourth-order valence-electron chi connectivity index (χ4n) is 3.96. The van der Waals surface area contributed by atoms with Gasteiger partial charge in [-0.05, 0) is 49.7 Å². The molecule has 4 rings (SSSR count). The molecule has 4 aromatic rings. The SMILES string of the molecule is CCCCCC[n+]1c(N)c(S(=O)(=O)c2ccc(Cl)cc2)cc2c(=O)n3cccc(C)c3nc21. The lowest BCUT2D eigenvalue weighted by Crippen LogP contribution is -2.41. The summed E-state index contributed by atoms with van der Waals surface area (Å²) in [7, 11) is -3.99. The molecule has 2 N–H and O–H groups in total. The van der Waals surface area contributed by atoms with Gasteiger partial charge in [-0.25, -0.2) is 13.0 Å². The molecule has 0 aliphatic rings. The topological polar surface area (TPSA) is 98.4 Å². The number of unbranched alkanes of at least 4 members (excludes halogenated alkanes) is 3. The molecule has 0 atom stereocenters. The number of nitrogen functional groups attached to an aromatic ring is 1. The van der Waals surface area contributed by atoms with E-state index in [0.717, 1.165) is 31.2 Å². The predicted octanol–water partition coefficient (Wildman–Crippen LogP) is 4.09. The zero-order valence-electron chi connectivity index (χ0n) is 18.6. The first-order valence-electron chi connectivity index (χ1n) is 10.9. The summed E-state index contributed by atoms with van der Waals surface area (Å²) in [6.07, 6.45) is 5.50. The molecule has 33 heavy (non-hydrogen) atoms. The highest BCUT2D eigenvalue weighted by Gasteiger charge is 2.29. The van der Waals surface area contributed by atoms with Gasteiger partial charge in [0.1, 0.15) is 10.3 Å². The molecule has 1 aromatic carbocycles. The van der Waals surface area contributed by atoms with Gasteiger partial charge in [0.2, 0.25) is 21.3 Å². The quantitative estimate of drug-likeness (QED) is 0.241. The Morgan fingerprint density at radius 1 is 1.12 bits per heavy atom. The minimum Gasteiger partial charge on any atom is -0.317 e. The summed E-state index contributed by atoms with van der Waals surface area (Å²) >= 11 is 5.94. The monoisotopic (exact) mass is 485 g/mol. The molecule has 7 nitrogen and oxygen atoms in total. The smallest absolute Gasteiger partial charge is 0.278 e. The Bertz CT molecular complexity index is 1510. The van der Waals surface area contributed by atoms with Crippen LogP contribution in [0.2, 0.25) is 5.02 Å². The molecule has 0 spiro atoms. The largest absolute Gasteiger partial charge is 0.317 e. The Balaban J connectivity index is 2.03. The van der Waals surface area contributed by atoms with Crippen LogP contribution in [0.1, 0.15) is 38.2 Å². The Labute approximate surface area is 197 Å². The van der Waals surface area contributed by atoms with Crippen LogP contribution in [0.15, 0.2) is 63.2 Å². The molecular weight excluding hydrogens is 460 g/mol. The van der Waals surface area contributed by atoms with Gasteiger partial charge in [-0.2, -0.15) is 0 Å². The number of aryl methyl sites for hydroxylation is 2. The number of rotatable bonds is 7. The molecule has 172 valence electrons. The predicted molar refractivity (Wildman–Crippen MR) is 129 cm³/mol. The van der Waals surface area contributed by atoms with Crippen molar-refractivity contribution in [3.63, 3.8) is 0 Å². The maximum atomic E-state index is 13.5. The van der Waals surface area contributed by atoms with Crippen molar-refractivity contribution in [3.8, 4) is 0 Å². The average molecular weight is 486 g/mol. The van der Waals surface area contributed by atoms with E-state index in [-0.39, 0.29) is 26.6 Å². The number of nitrogens with zero attached hydrogens (tertiary/aromatic N) is 3. The second-order valence-corrected chi connectivity index (χ2v) is 10.5. The average Bonchev–Trinajstić information content (AvgIpc) is 2.79. The maximum absolute atomic E-state index is 13.5. The number of hydrogen-bond donors (Lipinski definition) is 1. The van der Waals surface area contributed by atoms with Crippen LogP contribution in [0.3, 0.4) is 0 Å². The van der Waals surface area contributed by atoms with E-state index >= 15 is 0 Å². The zero-order valence-corrected chi connectivity index (χ0v) is 20.2. The van der Waals surface area contributed by atoms with E-state index in [2.05, 4.69) is 6.92 Å². The van der Waals surface area contributed by atoms with Crippen molar-refractivity contribution in [1.29, 1.82) is 0 Å². The first-order valence-corrected chi connectivity index (χ1v) is 12.8. The van der Waals surface area contributed by atoms with Crippen molar-refractivity contribution in [2.75, 3.05) is 5.73 Å². The van der Waals surface area contributed by atoms with E-state index in [1.807, 2.05) is 13.0 Å². The van der Waals surface area contributed by atoms with Gasteiger partial charge in [-0.3, -0.25) is 9.20 Å². The number of halogens is 1. The standard InChI is InChI=1S/C24H25ClN4O3S/c1-3-4-5-6-13-28-21(26)20(33(31,32)18-11-9-17(25)10-12-18)15-19-23(28)27-22-16(2)8-7-14-29(22)24(19)30/h7-12,14-15,26H,3-6,13H2,1-2H3/p+1. The first-order chi connectivity index (χ1) is 15.8. The van der Waals surface area contributed by atoms with Crippen LogP contribution < -0.4 is 15.9 Å². The number of nitrogens with two attached hydrogens (primary N) is 1. The normalized spacial score (nSPS) is 12.0. The van der Waals surface area contributed by atoms with Crippen LogP contribution in [0.5, 0.6) is 0 Å². The van der Waals surface area contributed by atoms with E-state index in [9.17, 15) is 13.2 Å². The number of aromatic nitrogens is 3. The van der Waals surface area contributed by atoms with Crippen LogP contribution in [-0.4, -0.2) is 17.8 Å². The van der Waals surface area contributed by atoms with Crippen molar-refractivity contribution in [2.45, 2.75) is 55.9 Å². The van der Waals surface area contributed by atoms with Gasteiger partial charge in [-0.1, -0.05) is 48.8 Å². The molecule has 0 bridgehead atoms. The molecule has 0 saturated carbocycles. The molecule has 3 aromatic heterocycles. The highest BCUT2D eigenvalue weighted by Crippen LogP contribution is 2.27. The fourth-order valence-corrected chi connectivity index (χ4v) is 5.50. The lowest BCUT2D eigenvalue weighted by molar-refractivity contribution is -0.660. The highest BCUT2D eigenvalue weighted by molar-refractivity contribution is 7.91. The Hall–Kier alpha value is -2.97.